The van der Waals surface area contributed by atoms with E-state index in [0.717, 1.165) is 6.42 Å². The molecule has 1 amide bonds. The average molecular weight is 263 g/mol. The van der Waals surface area contributed by atoms with Gasteiger partial charge in [0.25, 0.3) is 0 Å². The van der Waals surface area contributed by atoms with Crippen molar-refractivity contribution < 1.29 is 23.7 Å². The van der Waals surface area contributed by atoms with Gasteiger partial charge in [-0.15, -0.1) is 0 Å². The van der Waals surface area contributed by atoms with Gasteiger partial charge in [0.2, 0.25) is 5.91 Å². The van der Waals surface area contributed by atoms with E-state index in [0.29, 0.717) is 26.4 Å². The first-order chi connectivity index (χ1) is 8.64. The lowest BCUT2D eigenvalue weighted by molar-refractivity contribution is -0.130. The van der Waals surface area contributed by atoms with Gasteiger partial charge in [0.05, 0.1) is 19.8 Å². The zero-order valence-corrected chi connectivity index (χ0v) is 11.8. The van der Waals surface area contributed by atoms with Crippen LogP contribution in [0.4, 0.5) is 0 Å². The van der Waals surface area contributed by atoms with Crippen LogP contribution in [0, 0.1) is 0 Å². The molecule has 18 heavy (non-hydrogen) atoms. The Bertz CT molecular complexity index is 205. The van der Waals surface area contributed by atoms with E-state index in [1.165, 1.54) is 0 Å². The summed E-state index contributed by atoms with van der Waals surface area (Å²) in [5.74, 6) is -0.199. The third kappa shape index (κ3) is 6.90. The highest BCUT2D eigenvalue weighted by atomic mass is 16.5. The Kier molecular flexibility index (Phi) is 9.86. The number of hydrogen-bond acceptors (Lipinski definition) is 5. The first-order valence-electron chi connectivity index (χ1n) is 5.99. The Morgan fingerprint density at radius 2 is 1.56 bits per heavy atom. The predicted octanol–water partition coefficient (Wildman–Crippen LogP) is 0.207. The summed E-state index contributed by atoms with van der Waals surface area (Å²) < 4.78 is 20.6. The fourth-order valence-corrected chi connectivity index (χ4v) is 1.70. The second-order valence-electron chi connectivity index (χ2n) is 4.18. The number of rotatable bonds is 11. The summed E-state index contributed by atoms with van der Waals surface area (Å²) in [6.45, 7) is 3.53. The summed E-state index contributed by atoms with van der Waals surface area (Å²) in [6.07, 6.45) is 0.882. The van der Waals surface area contributed by atoms with E-state index in [1.807, 2.05) is 6.92 Å². The van der Waals surface area contributed by atoms with E-state index in [-0.39, 0.29) is 12.5 Å². The van der Waals surface area contributed by atoms with Crippen molar-refractivity contribution in [3.63, 3.8) is 0 Å². The molecule has 0 heterocycles. The molecule has 0 rings (SSSR count). The molecule has 0 aromatic rings. The minimum Gasteiger partial charge on any atom is -0.382 e. The van der Waals surface area contributed by atoms with Gasteiger partial charge in [-0.2, -0.15) is 0 Å². The van der Waals surface area contributed by atoms with Crippen molar-refractivity contribution in [1.82, 2.24) is 5.32 Å². The Hall–Kier alpha value is -0.690. The molecular formula is C12H25NO5. The zero-order valence-electron chi connectivity index (χ0n) is 11.8. The summed E-state index contributed by atoms with van der Waals surface area (Å²) in [7, 11) is 4.71. The summed E-state index contributed by atoms with van der Waals surface area (Å²) in [6, 6.07) is 0. The highest BCUT2D eigenvalue weighted by Gasteiger charge is 2.32. The SMILES string of the molecule is CCCOCC(=O)NC(COC)(COC)COC. The standard InChI is InChI=1S/C12H25NO5/c1-5-6-18-7-11(14)13-12(8-15-2,9-16-3)10-17-4/h5-10H2,1-4H3,(H,13,14). The summed E-state index contributed by atoms with van der Waals surface area (Å²) >= 11 is 0. The van der Waals surface area contributed by atoms with Gasteiger partial charge in [-0.05, 0) is 6.42 Å². The van der Waals surface area contributed by atoms with Gasteiger partial charge in [-0.25, -0.2) is 0 Å². The Labute approximate surface area is 109 Å². The summed E-state index contributed by atoms with van der Waals surface area (Å²) in [5, 5.41) is 2.85. The van der Waals surface area contributed by atoms with E-state index >= 15 is 0 Å². The third-order valence-electron chi connectivity index (χ3n) is 2.25. The molecule has 0 aromatic carbocycles. The van der Waals surface area contributed by atoms with E-state index in [4.69, 9.17) is 18.9 Å². The molecule has 0 atom stereocenters. The second kappa shape index (κ2) is 10.3. The van der Waals surface area contributed by atoms with Crippen LogP contribution in [0.2, 0.25) is 0 Å². The molecule has 0 aliphatic heterocycles. The van der Waals surface area contributed by atoms with Crippen LogP contribution in [0.25, 0.3) is 0 Å². The van der Waals surface area contributed by atoms with Gasteiger partial charge < -0.3 is 24.3 Å². The van der Waals surface area contributed by atoms with E-state index < -0.39 is 5.54 Å². The Morgan fingerprint density at radius 3 is 1.94 bits per heavy atom. The molecule has 0 unspecified atom stereocenters. The number of carbonyl (C=O) groups is 1. The number of ether oxygens (including phenoxy) is 4. The Balaban J connectivity index is 4.39. The quantitative estimate of drug-likeness (QED) is 0.540. The van der Waals surface area contributed by atoms with Crippen molar-refractivity contribution >= 4 is 5.91 Å². The maximum absolute atomic E-state index is 11.8. The largest absolute Gasteiger partial charge is 0.382 e. The van der Waals surface area contributed by atoms with Crippen molar-refractivity contribution in [2.24, 2.45) is 0 Å². The smallest absolute Gasteiger partial charge is 0.246 e. The predicted molar refractivity (Wildman–Crippen MR) is 67.6 cm³/mol. The third-order valence-corrected chi connectivity index (χ3v) is 2.25. The average Bonchev–Trinajstić information content (AvgIpc) is 2.30. The first kappa shape index (κ1) is 17.3. The summed E-state index contributed by atoms with van der Waals surface area (Å²) in [5.41, 5.74) is -0.676. The molecule has 0 aromatic heterocycles. The summed E-state index contributed by atoms with van der Waals surface area (Å²) in [4.78, 5) is 11.8. The molecule has 0 radical (unpaired) electrons. The van der Waals surface area contributed by atoms with Crippen LogP contribution in [0.15, 0.2) is 0 Å². The highest BCUT2D eigenvalue weighted by molar-refractivity contribution is 5.78. The minimum atomic E-state index is -0.676. The lowest BCUT2D eigenvalue weighted by atomic mass is 10.0. The molecule has 0 fully saturated rings. The second-order valence-corrected chi connectivity index (χ2v) is 4.18. The minimum absolute atomic E-state index is 0.0345. The van der Waals surface area contributed by atoms with Gasteiger partial charge in [0.15, 0.2) is 0 Å². The lowest BCUT2D eigenvalue weighted by Gasteiger charge is -2.32. The van der Waals surface area contributed by atoms with Crippen LogP contribution in [0.3, 0.4) is 0 Å². The molecule has 0 saturated heterocycles. The van der Waals surface area contributed by atoms with E-state index in [9.17, 15) is 4.79 Å². The van der Waals surface area contributed by atoms with Gasteiger partial charge in [-0.1, -0.05) is 6.92 Å². The van der Waals surface area contributed by atoms with Gasteiger partial charge in [0, 0.05) is 27.9 Å². The highest BCUT2D eigenvalue weighted by Crippen LogP contribution is 2.07. The molecule has 0 aliphatic carbocycles. The number of nitrogens with one attached hydrogen (secondary N) is 1. The van der Waals surface area contributed by atoms with Crippen LogP contribution in [-0.2, 0) is 23.7 Å². The van der Waals surface area contributed by atoms with Crippen LogP contribution in [0.1, 0.15) is 13.3 Å². The van der Waals surface area contributed by atoms with Gasteiger partial charge in [-0.3, -0.25) is 4.79 Å². The van der Waals surface area contributed by atoms with Crippen molar-refractivity contribution in [3.05, 3.63) is 0 Å². The fourth-order valence-electron chi connectivity index (χ4n) is 1.70. The maximum Gasteiger partial charge on any atom is 0.246 e. The maximum atomic E-state index is 11.8. The lowest BCUT2D eigenvalue weighted by Crippen LogP contribution is -2.58. The van der Waals surface area contributed by atoms with Crippen molar-refractivity contribution in [2.75, 3.05) is 54.4 Å². The molecular weight excluding hydrogens is 238 g/mol. The van der Waals surface area contributed by atoms with Crippen LogP contribution in [-0.4, -0.2) is 65.8 Å². The van der Waals surface area contributed by atoms with E-state index in [2.05, 4.69) is 5.32 Å². The molecule has 0 bridgehead atoms. The van der Waals surface area contributed by atoms with Crippen molar-refractivity contribution in [3.8, 4) is 0 Å². The number of carbonyl (C=O) groups excluding carboxylic acids is 1. The first-order valence-corrected chi connectivity index (χ1v) is 5.99. The molecule has 0 saturated carbocycles. The van der Waals surface area contributed by atoms with Crippen LogP contribution in [0.5, 0.6) is 0 Å². The monoisotopic (exact) mass is 263 g/mol. The number of amides is 1. The van der Waals surface area contributed by atoms with Crippen LogP contribution < -0.4 is 5.32 Å². The number of methoxy groups -OCH3 is 3. The molecule has 1 N–H and O–H groups in total. The number of hydrogen-bond donors (Lipinski definition) is 1. The van der Waals surface area contributed by atoms with Crippen molar-refractivity contribution in [1.29, 1.82) is 0 Å². The van der Waals surface area contributed by atoms with Gasteiger partial charge in [0.1, 0.15) is 12.1 Å². The van der Waals surface area contributed by atoms with Crippen molar-refractivity contribution in [2.45, 2.75) is 18.9 Å². The van der Waals surface area contributed by atoms with Gasteiger partial charge >= 0.3 is 0 Å². The molecule has 6 heteroatoms. The fraction of sp³-hybridized carbons (Fsp3) is 0.917. The topological polar surface area (TPSA) is 66.0 Å². The Morgan fingerprint density at radius 1 is 1.06 bits per heavy atom. The molecule has 108 valence electrons. The molecule has 6 nitrogen and oxygen atoms in total. The normalized spacial score (nSPS) is 11.6. The molecule has 0 aliphatic rings. The zero-order chi connectivity index (χ0) is 13.9. The van der Waals surface area contributed by atoms with E-state index in [1.54, 1.807) is 21.3 Å². The molecule has 0 spiro atoms. The van der Waals surface area contributed by atoms with Crippen LogP contribution >= 0.6 is 0 Å².